The summed E-state index contributed by atoms with van der Waals surface area (Å²) in [5, 5.41) is 4.80. The quantitative estimate of drug-likeness (QED) is 0.504. The summed E-state index contributed by atoms with van der Waals surface area (Å²) < 4.78 is 0. The SMILES string of the molecule is NC1=NCC2CNCC2S1. The zero-order valence-corrected chi connectivity index (χ0v) is 6.53. The van der Waals surface area contributed by atoms with Gasteiger partial charge < -0.3 is 11.1 Å². The van der Waals surface area contributed by atoms with Gasteiger partial charge in [-0.2, -0.15) is 0 Å². The third-order valence-electron chi connectivity index (χ3n) is 2.03. The van der Waals surface area contributed by atoms with Crippen LogP contribution in [0, 0.1) is 5.92 Å². The Morgan fingerprint density at radius 2 is 2.50 bits per heavy atom. The summed E-state index contributed by atoms with van der Waals surface area (Å²) in [6.07, 6.45) is 0. The van der Waals surface area contributed by atoms with Crippen LogP contribution in [0.4, 0.5) is 0 Å². The van der Waals surface area contributed by atoms with Crippen molar-refractivity contribution >= 4 is 16.9 Å². The van der Waals surface area contributed by atoms with Gasteiger partial charge >= 0.3 is 0 Å². The third-order valence-corrected chi connectivity index (χ3v) is 3.26. The minimum atomic E-state index is 0.692. The molecule has 4 heteroatoms. The van der Waals surface area contributed by atoms with Crippen LogP contribution in [-0.4, -0.2) is 30.1 Å². The Bertz CT molecular complexity index is 168. The lowest BCUT2D eigenvalue weighted by atomic mass is 10.1. The molecule has 0 aromatic carbocycles. The summed E-state index contributed by atoms with van der Waals surface area (Å²) in [6.45, 7) is 3.15. The van der Waals surface area contributed by atoms with Crippen LogP contribution in [-0.2, 0) is 0 Å². The molecule has 56 valence electrons. The molecule has 2 atom stereocenters. The molecule has 1 fully saturated rings. The Balaban J connectivity index is 2.08. The first kappa shape index (κ1) is 6.49. The van der Waals surface area contributed by atoms with Crippen molar-refractivity contribution in [3.63, 3.8) is 0 Å². The summed E-state index contributed by atoms with van der Waals surface area (Å²) in [7, 11) is 0. The second-order valence-corrected chi connectivity index (χ2v) is 4.01. The van der Waals surface area contributed by atoms with Gasteiger partial charge in [0.25, 0.3) is 0 Å². The molecule has 0 saturated carbocycles. The van der Waals surface area contributed by atoms with Gasteiger partial charge in [0.05, 0.1) is 0 Å². The lowest BCUT2D eigenvalue weighted by Gasteiger charge is -2.20. The van der Waals surface area contributed by atoms with Gasteiger partial charge in [-0.05, 0) is 0 Å². The van der Waals surface area contributed by atoms with Gasteiger partial charge in [-0.15, -0.1) is 0 Å². The highest BCUT2D eigenvalue weighted by atomic mass is 32.2. The molecule has 2 rings (SSSR count). The maximum atomic E-state index is 5.58. The minimum Gasteiger partial charge on any atom is -0.379 e. The first-order valence-electron chi connectivity index (χ1n) is 3.53. The molecule has 2 unspecified atom stereocenters. The molecule has 0 aliphatic carbocycles. The predicted molar refractivity (Wildman–Crippen MR) is 44.2 cm³/mol. The van der Waals surface area contributed by atoms with Crippen molar-refractivity contribution in [3.05, 3.63) is 0 Å². The van der Waals surface area contributed by atoms with E-state index in [1.807, 2.05) is 0 Å². The van der Waals surface area contributed by atoms with Gasteiger partial charge in [-0.25, -0.2) is 0 Å². The number of hydrogen-bond donors (Lipinski definition) is 2. The van der Waals surface area contributed by atoms with Gasteiger partial charge in [0.15, 0.2) is 5.17 Å². The monoisotopic (exact) mass is 157 g/mol. The Hall–Kier alpha value is -0.220. The zero-order chi connectivity index (χ0) is 6.97. The van der Waals surface area contributed by atoms with E-state index in [-0.39, 0.29) is 0 Å². The van der Waals surface area contributed by atoms with E-state index in [1.165, 1.54) is 0 Å². The smallest absolute Gasteiger partial charge is 0.154 e. The van der Waals surface area contributed by atoms with Gasteiger partial charge in [-0.1, -0.05) is 11.8 Å². The van der Waals surface area contributed by atoms with Crippen molar-refractivity contribution in [2.24, 2.45) is 16.6 Å². The van der Waals surface area contributed by atoms with Gasteiger partial charge in [0.2, 0.25) is 0 Å². The summed E-state index contributed by atoms with van der Waals surface area (Å²) in [6, 6.07) is 0. The third kappa shape index (κ3) is 1.01. The average molecular weight is 157 g/mol. The summed E-state index contributed by atoms with van der Waals surface area (Å²) >= 11 is 1.72. The van der Waals surface area contributed by atoms with Crippen molar-refractivity contribution in [1.29, 1.82) is 0 Å². The van der Waals surface area contributed by atoms with E-state index in [0.29, 0.717) is 5.25 Å². The first-order chi connectivity index (χ1) is 4.86. The van der Waals surface area contributed by atoms with Crippen molar-refractivity contribution in [1.82, 2.24) is 5.32 Å². The second-order valence-electron chi connectivity index (χ2n) is 2.75. The van der Waals surface area contributed by atoms with Crippen LogP contribution in [0.5, 0.6) is 0 Å². The van der Waals surface area contributed by atoms with Gasteiger partial charge in [0.1, 0.15) is 0 Å². The van der Waals surface area contributed by atoms with Crippen LogP contribution < -0.4 is 11.1 Å². The molecular weight excluding hydrogens is 146 g/mol. The lowest BCUT2D eigenvalue weighted by Crippen LogP contribution is -2.27. The van der Waals surface area contributed by atoms with E-state index in [4.69, 9.17) is 5.73 Å². The highest BCUT2D eigenvalue weighted by Gasteiger charge is 2.30. The predicted octanol–water partition coefficient (Wildman–Crippen LogP) is -0.364. The van der Waals surface area contributed by atoms with E-state index < -0.39 is 0 Å². The summed E-state index contributed by atoms with van der Waals surface area (Å²) in [4.78, 5) is 4.19. The van der Waals surface area contributed by atoms with Crippen LogP contribution in [0.1, 0.15) is 0 Å². The van der Waals surface area contributed by atoms with E-state index >= 15 is 0 Å². The maximum absolute atomic E-state index is 5.58. The molecule has 3 N–H and O–H groups in total. The molecule has 2 aliphatic rings. The molecule has 3 nitrogen and oxygen atoms in total. The molecule has 2 aliphatic heterocycles. The number of aliphatic imine (C=N–C) groups is 1. The van der Waals surface area contributed by atoms with Crippen LogP contribution in [0.15, 0.2) is 4.99 Å². The molecule has 0 spiro atoms. The van der Waals surface area contributed by atoms with Crippen molar-refractivity contribution in [2.45, 2.75) is 5.25 Å². The molecule has 0 amide bonds. The molecule has 2 heterocycles. The average Bonchev–Trinajstić information content (AvgIpc) is 2.33. The number of thioether (sulfide) groups is 1. The number of amidine groups is 1. The van der Waals surface area contributed by atoms with Crippen LogP contribution in [0.2, 0.25) is 0 Å². The Morgan fingerprint density at radius 1 is 1.60 bits per heavy atom. The van der Waals surface area contributed by atoms with E-state index in [0.717, 1.165) is 30.7 Å². The standard InChI is InChI=1S/C6H11N3S/c7-6-9-2-4-1-8-3-5(4)10-6/h4-5,8H,1-3H2,(H2,7,9). The normalized spacial score (nSPS) is 39.0. The van der Waals surface area contributed by atoms with E-state index in [9.17, 15) is 0 Å². The minimum absolute atomic E-state index is 0.692. The van der Waals surface area contributed by atoms with Crippen LogP contribution in [0.25, 0.3) is 0 Å². The number of nitrogens with one attached hydrogen (secondary N) is 1. The largest absolute Gasteiger partial charge is 0.379 e. The molecule has 1 saturated heterocycles. The van der Waals surface area contributed by atoms with Crippen molar-refractivity contribution < 1.29 is 0 Å². The fraction of sp³-hybridized carbons (Fsp3) is 0.833. The van der Waals surface area contributed by atoms with Gasteiger partial charge in [-0.3, -0.25) is 4.99 Å². The van der Waals surface area contributed by atoms with Crippen molar-refractivity contribution in [2.75, 3.05) is 19.6 Å². The van der Waals surface area contributed by atoms with Gasteiger partial charge in [0, 0.05) is 30.8 Å². The Kier molecular flexibility index (Phi) is 1.58. The molecule has 0 bridgehead atoms. The highest BCUT2D eigenvalue weighted by molar-refractivity contribution is 8.14. The number of nitrogens with two attached hydrogens (primary N) is 1. The summed E-state index contributed by atoms with van der Waals surface area (Å²) in [5.74, 6) is 0.734. The molecule has 0 aromatic rings. The lowest BCUT2D eigenvalue weighted by molar-refractivity contribution is 0.604. The molecule has 0 radical (unpaired) electrons. The van der Waals surface area contributed by atoms with E-state index in [2.05, 4.69) is 10.3 Å². The number of rotatable bonds is 0. The second kappa shape index (κ2) is 2.43. The molecular formula is C6H11N3S. The zero-order valence-electron chi connectivity index (χ0n) is 5.71. The molecule has 0 aromatic heterocycles. The van der Waals surface area contributed by atoms with E-state index in [1.54, 1.807) is 11.8 Å². The topological polar surface area (TPSA) is 50.4 Å². The maximum Gasteiger partial charge on any atom is 0.154 e. The fourth-order valence-corrected chi connectivity index (χ4v) is 2.46. The number of fused-ring (bicyclic) bond motifs is 1. The number of hydrogen-bond acceptors (Lipinski definition) is 4. The first-order valence-corrected chi connectivity index (χ1v) is 4.41. The van der Waals surface area contributed by atoms with Crippen LogP contribution >= 0.6 is 11.8 Å². The molecule has 10 heavy (non-hydrogen) atoms. The number of nitrogens with zero attached hydrogens (tertiary/aromatic N) is 1. The Labute approximate surface area is 64.5 Å². The summed E-state index contributed by atoms with van der Waals surface area (Å²) in [5.41, 5.74) is 5.58. The highest BCUT2D eigenvalue weighted by Crippen LogP contribution is 2.27. The van der Waals surface area contributed by atoms with Crippen molar-refractivity contribution in [3.8, 4) is 0 Å². The Morgan fingerprint density at radius 3 is 3.40 bits per heavy atom. The van der Waals surface area contributed by atoms with Crippen LogP contribution in [0.3, 0.4) is 0 Å². The fourth-order valence-electron chi connectivity index (χ4n) is 1.43.